The second-order valence-corrected chi connectivity index (χ2v) is 9.19. The molecule has 0 aliphatic heterocycles. The average molecular weight is 426 g/mol. The van der Waals surface area contributed by atoms with Crippen molar-refractivity contribution in [3.63, 3.8) is 0 Å². The molecule has 0 radical (unpaired) electrons. The van der Waals surface area contributed by atoms with Crippen molar-refractivity contribution in [3.8, 4) is 0 Å². The summed E-state index contributed by atoms with van der Waals surface area (Å²) in [6.07, 6.45) is 0.956. The summed E-state index contributed by atoms with van der Waals surface area (Å²) in [5, 5.41) is 17.8. The third kappa shape index (κ3) is 7.64. The molecular formula is C19H28FN5O3S. The molecule has 0 bridgehead atoms. The Morgan fingerprint density at radius 2 is 1.79 bits per heavy atom. The normalized spacial score (nSPS) is 14.0. The van der Waals surface area contributed by atoms with Crippen LogP contribution in [0.4, 0.5) is 10.3 Å². The molecule has 0 aliphatic rings. The summed E-state index contributed by atoms with van der Waals surface area (Å²) in [6.45, 7) is 5.75. The van der Waals surface area contributed by atoms with E-state index in [0.29, 0.717) is 23.7 Å². The van der Waals surface area contributed by atoms with Gasteiger partial charge < -0.3 is 10.4 Å². The molecule has 4 N–H and O–H groups in total. The van der Waals surface area contributed by atoms with Gasteiger partial charge in [0.25, 0.3) is 0 Å². The number of benzene rings is 1. The van der Waals surface area contributed by atoms with Crippen molar-refractivity contribution in [2.75, 3.05) is 11.9 Å². The van der Waals surface area contributed by atoms with Crippen LogP contribution in [0.15, 0.2) is 24.3 Å². The molecule has 0 saturated heterocycles. The zero-order chi connectivity index (χ0) is 21.6. The standard InChI is InChI=1S/C19H28FN5O3S/c1-12(2)8-14(10-26)22-19-24-17(23-18(25-19)11-29(21,27)28)9-13(3)15-6-4-5-7-16(15)20/h4-7,12-14,26H,8-11H2,1-3H3,(H2,21,27,28)(H,22,23,24,25)/t13-,14-/m1/s1. The Morgan fingerprint density at radius 3 is 2.38 bits per heavy atom. The van der Waals surface area contributed by atoms with Crippen molar-refractivity contribution >= 4 is 16.0 Å². The molecule has 10 heteroatoms. The fourth-order valence-corrected chi connectivity index (χ4v) is 3.55. The van der Waals surface area contributed by atoms with Gasteiger partial charge in [-0.3, -0.25) is 0 Å². The maximum absolute atomic E-state index is 14.1. The van der Waals surface area contributed by atoms with Gasteiger partial charge in [-0.15, -0.1) is 0 Å². The molecule has 0 amide bonds. The lowest BCUT2D eigenvalue weighted by Gasteiger charge is -2.19. The van der Waals surface area contributed by atoms with E-state index in [-0.39, 0.29) is 42.6 Å². The Labute approximate surface area is 170 Å². The van der Waals surface area contributed by atoms with Crippen LogP contribution in [0.2, 0.25) is 0 Å². The highest BCUT2D eigenvalue weighted by atomic mass is 32.2. The third-order valence-corrected chi connectivity index (χ3v) is 4.95. The van der Waals surface area contributed by atoms with Crippen LogP contribution in [0.3, 0.4) is 0 Å². The molecule has 0 unspecified atom stereocenters. The van der Waals surface area contributed by atoms with Crippen LogP contribution < -0.4 is 10.5 Å². The number of hydrogen-bond acceptors (Lipinski definition) is 7. The van der Waals surface area contributed by atoms with E-state index in [2.05, 4.69) is 20.3 Å². The van der Waals surface area contributed by atoms with E-state index >= 15 is 0 Å². The lowest BCUT2D eigenvalue weighted by molar-refractivity contribution is 0.259. The van der Waals surface area contributed by atoms with Crippen LogP contribution in [0.5, 0.6) is 0 Å². The van der Waals surface area contributed by atoms with E-state index < -0.39 is 15.8 Å². The van der Waals surface area contributed by atoms with Gasteiger partial charge in [0.1, 0.15) is 17.4 Å². The van der Waals surface area contributed by atoms with Gasteiger partial charge in [0.05, 0.1) is 12.6 Å². The Hall–Kier alpha value is -2.17. The van der Waals surface area contributed by atoms with Gasteiger partial charge in [-0.2, -0.15) is 9.97 Å². The van der Waals surface area contributed by atoms with E-state index in [1.165, 1.54) is 6.07 Å². The Balaban J connectivity index is 2.32. The van der Waals surface area contributed by atoms with Gasteiger partial charge in [-0.25, -0.2) is 22.9 Å². The van der Waals surface area contributed by atoms with E-state index in [4.69, 9.17) is 5.14 Å². The lowest BCUT2D eigenvalue weighted by Crippen LogP contribution is -2.28. The average Bonchev–Trinajstić information content (AvgIpc) is 2.59. The van der Waals surface area contributed by atoms with Crippen molar-refractivity contribution in [1.29, 1.82) is 0 Å². The second-order valence-electron chi connectivity index (χ2n) is 7.58. The van der Waals surface area contributed by atoms with Crippen LogP contribution in [0, 0.1) is 11.7 Å². The van der Waals surface area contributed by atoms with Crippen molar-refractivity contribution in [2.24, 2.45) is 11.1 Å². The molecule has 1 aromatic heterocycles. The van der Waals surface area contributed by atoms with Crippen LogP contribution in [0.1, 0.15) is 50.3 Å². The maximum Gasteiger partial charge on any atom is 0.226 e. The maximum atomic E-state index is 14.1. The number of halogens is 1. The van der Waals surface area contributed by atoms with E-state index in [1.807, 2.05) is 20.8 Å². The first-order valence-electron chi connectivity index (χ1n) is 9.43. The molecule has 0 fully saturated rings. The zero-order valence-electron chi connectivity index (χ0n) is 16.8. The number of anilines is 1. The highest BCUT2D eigenvalue weighted by Crippen LogP contribution is 2.22. The predicted octanol–water partition coefficient (Wildman–Crippen LogP) is 1.96. The topological polar surface area (TPSA) is 131 Å². The lowest BCUT2D eigenvalue weighted by atomic mass is 9.97. The second kappa shape index (κ2) is 10.0. The van der Waals surface area contributed by atoms with Crippen LogP contribution in [0.25, 0.3) is 0 Å². The summed E-state index contributed by atoms with van der Waals surface area (Å²) >= 11 is 0. The number of aliphatic hydroxyl groups is 1. The highest BCUT2D eigenvalue weighted by molar-refractivity contribution is 7.88. The van der Waals surface area contributed by atoms with Gasteiger partial charge in [0.2, 0.25) is 16.0 Å². The number of sulfonamides is 1. The molecule has 2 atom stereocenters. The van der Waals surface area contributed by atoms with Gasteiger partial charge in [0, 0.05) is 6.42 Å². The van der Waals surface area contributed by atoms with Crippen molar-refractivity contribution in [3.05, 3.63) is 47.3 Å². The molecule has 0 saturated carbocycles. The molecule has 0 spiro atoms. The minimum atomic E-state index is -3.84. The van der Waals surface area contributed by atoms with Crippen LogP contribution in [-0.4, -0.2) is 41.1 Å². The third-order valence-electron chi connectivity index (χ3n) is 4.29. The number of hydrogen-bond donors (Lipinski definition) is 3. The first-order valence-corrected chi connectivity index (χ1v) is 11.1. The minimum Gasteiger partial charge on any atom is -0.394 e. The minimum absolute atomic E-state index is 0.00182. The Morgan fingerprint density at radius 1 is 1.14 bits per heavy atom. The number of aliphatic hydroxyl groups excluding tert-OH is 1. The van der Waals surface area contributed by atoms with Crippen molar-refractivity contribution in [1.82, 2.24) is 15.0 Å². The molecule has 2 aromatic rings. The largest absolute Gasteiger partial charge is 0.394 e. The van der Waals surface area contributed by atoms with E-state index in [1.54, 1.807) is 18.2 Å². The number of nitrogens with one attached hydrogen (secondary N) is 1. The highest BCUT2D eigenvalue weighted by Gasteiger charge is 2.18. The smallest absolute Gasteiger partial charge is 0.226 e. The molecule has 2 rings (SSSR count). The molecule has 8 nitrogen and oxygen atoms in total. The first kappa shape index (κ1) is 23.1. The van der Waals surface area contributed by atoms with Gasteiger partial charge in [-0.1, -0.05) is 39.0 Å². The number of nitrogens with zero attached hydrogens (tertiary/aromatic N) is 3. The van der Waals surface area contributed by atoms with Gasteiger partial charge in [-0.05, 0) is 29.9 Å². The van der Waals surface area contributed by atoms with Gasteiger partial charge in [0.15, 0.2) is 5.82 Å². The van der Waals surface area contributed by atoms with E-state index in [0.717, 1.165) is 0 Å². The summed E-state index contributed by atoms with van der Waals surface area (Å²) < 4.78 is 37.1. The summed E-state index contributed by atoms with van der Waals surface area (Å²) in [7, 11) is -3.84. The summed E-state index contributed by atoms with van der Waals surface area (Å²) in [4.78, 5) is 12.7. The quantitative estimate of drug-likeness (QED) is 0.530. The summed E-state index contributed by atoms with van der Waals surface area (Å²) in [5.41, 5.74) is 0.517. The molecule has 1 heterocycles. The summed E-state index contributed by atoms with van der Waals surface area (Å²) in [5.74, 6) is -0.299. The Bertz CT molecular complexity index is 924. The SMILES string of the molecule is CC(C)C[C@H](CO)Nc1nc(C[C@@H](C)c2ccccc2F)nc(CS(N)(=O)=O)n1. The molecular weight excluding hydrogens is 397 g/mol. The zero-order valence-corrected chi connectivity index (χ0v) is 17.7. The fraction of sp³-hybridized carbons (Fsp3) is 0.526. The molecule has 160 valence electrons. The van der Waals surface area contributed by atoms with Crippen LogP contribution in [-0.2, 0) is 22.2 Å². The molecule has 0 aliphatic carbocycles. The van der Waals surface area contributed by atoms with E-state index in [9.17, 15) is 17.9 Å². The van der Waals surface area contributed by atoms with Crippen molar-refractivity contribution in [2.45, 2.75) is 51.3 Å². The number of primary sulfonamides is 1. The van der Waals surface area contributed by atoms with Gasteiger partial charge >= 0.3 is 0 Å². The molecule has 29 heavy (non-hydrogen) atoms. The fourth-order valence-electron chi connectivity index (χ4n) is 3.06. The monoisotopic (exact) mass is 425 g/mol. The number of rotatable bonds is 10. The number of aromatic nitrogens is 3. The van der Waals surface area contributed by atoms with Crippen LogP contribution >= 0.6 is 0 Å². The predicted molar refractivity (Wildman–Crippen MR) is 109 cm³/mol. The Kier molecular flexibility index (Phi) is 8.00. The number of nitrogens with two attached hydrogens (primary N) is 1. The molecule has 1 aromatic carbocycles. The summed E-state index contributed by atoms with van der Waals surface area (Å²) in [6, 6.07) is 6.15. The first-order chi connectivity index (χ1) is 13.6. The van der Waals surface area contributed by atoms with Crippen molar-refractivity contribution < 1.29 is 17.9 Å².